The van der Waals surface area contributed by atoms with Gasteiger partial charge in [0.2, 0.25) is 5.91 Å². The van der Waals surface area contributed by atoms with E-state index in [4.69, 9.17) is 4.74 Å². The summed E-state index contributed by atoms with van der Waals surface area (Å²) in [6.45, 7) is 4.37. The van der Waals surface area contributed by atoms with Gasteiger partial charge in [-0.1, -0.05) is 68.3 Å². The minimum atomic E-state index is -0.950. The fourth-order valence-electron chi connectivity index (χ4n) is 4.99. The Labute approximate surface area is 200 Å². The number of carbonyl (C=O) groups excluding carboxylic acids is 2. The highest BCUT2D eigenvalue weighted by Crippen LogP contribution is 2.44. The first-order chi connectivity index (χ1) is 16.3. The summed E-state index contributed by atoms with van der Waals surface area (Å²) in [6, 6.07) is 15.5. The van der Waals surface area contributed by atoms with Crippen molar-refractivity contribution in [2.75, 3.05) is 19.7 Å². The van der Waals surface area contributed by atoms with Gasteiger partial charge in [0.05, 0.1) is 5.41 Å². The third-order valence-corrected chi connectivity index (χ3v) is 7.08. The van der Waals surface area contributed by atoms with E-state index >= 15 is 0 Å². The smallest absolute Gasteiger partial charge is 0.407 e. The first kappa shape index (κ1) is 23.8. The van der Waals surface area contributed by atoms with Crippen LogP contribution in [0.25, 0.3) is 11.1 Å². The predicted molar refractivity (Wildman–Crippen MR) is 128 cm³/mol. The number of carbonyl (C=O) groups is 3. The topological polar surface area (TPSA) is 95.9 Å². The second-order valence-corrected chi connectivity index (χ2v) is 9.54. The Balaban J connectivity index is 1.41. The van der Waals surface area contributed by atoms with E-state index in [0.29, 0.717) is 19.4 Å². The van der Waals surface area contributed by atoms with Gasteiger partial charge in [-0.05, 0) is 42.0 Å². The summed E-state index contributed by atoms with van der Waals surface area (Å²) >= 11 is 0. The molecule has 2 aliphatic rings. The monoisotopic (exact) mass is 464 g/mol. The number of benzene rings is 2. The minimum absolute atomic E-state index is 0.0576. The lowest BCUT2D eigenvalue weighted by atomic mass is 9.90. The zero-order valence-corrected chi connectivity index (χ0v) is 19.8. The maximum Gasteiger partial charge on any atom is 0.407 e. The standard InChI is InChI=1S/C27H32N2O5/c1-3-4-13-23(24(30)29-15-14-27(2,17-29)25(31)32)28-26(33)34-16-22-20-11-7-5-9-18(20)19-10-6-8-12-21(19)22/h5-12,22-23H,3-4,13-17H2,1-2H3,(H,28,33)(H,31,32). The summed E-state index contributed by atoms with van der Waals surface area (Å²) in [5, 5.41) is 12.2. The number of amides is 2. The van der Waals surface area contributed by atoms with Gasteiger partial charge in [0.15, 0.2) is 0 Å². The molecule has 1 fully saturated rings. The summed E-state index contributed by atoms with van der Waals surface area (Å²) < 4.78 is 5.63. The van der Waals surface area contributed by atoms with Crippen LogP contribution in [0.1, 0.15) is 56.6 Å². The first-order valence-corrected chi connectivity index (χ1v) is 12.0. The molecule has 1 aliphatic heterocycles. The number of rotatable bonds is 8. The Morgan fingerprint density at radius 3 is 2.29 bits per heavy atom. The van der Waals surface area contributed by atoms with Crippen LogP contribution in [0.3, 0.4) is 0 Å². The molecule has 2 unspecified atom stereocenters. The molecule has 0 saturated carbocycles. The Hall–Kier alpha value is -3.35. The van der Waals surface area contributed by atoms with Gasteiger partial charge < -0.3 is 20.1 Å². The molecule has 0 aromatic heterocycles. The number of unbranched alkanes of at least 4 members (excludes halogenated alkanes) is 1. The molecule has 1 aliphatic carbocycles. The largest absolute Gasteiger partial charge is 0.481 e. The molecule has 0 spiro atoms. The van der Waals surface area contributed by atoms with Crippen LogP contribution < -0.4 is 5.32 Å². The lowest BCUT2D eigenvalue weighted by Crippen LogP contribution is -2.49. The molecule has 2 atom stereocenters. The Morgan fingerprint density at radius 2 is 1.74 bits per heavy atom. The molecule has 180 valence electrons. The Morgan fingerprint density at radius 1 is 1.12 bits per heavy atom. The third kappa shape index (κ3) is 4.65. The van der Waals surface area contributed by atoms with Crippen LogP contribution in [0, 0.1) is 5.41 Å². The molecular weight excluding hydrogens is 432 g/mol. The van der Waals surface area contributed by atoms with Crippen molar-refractivity contribution in [2.24, 2.45) is 5.41 Å². The van der Waals surface area contributed by atoms with E-state index in [1.54, 1.807) is 11.8 Å². The number of aliphatic carboxylic acids is 1. The van der Waals surface area contributed by atoms with E-state index in [1.165, 1.54) is 0 Å². The second-order valence-electron chi connectivity index (χ2n) is 9.54. The molecule has 1 heterocycles. The van der Waals surface area contributed by atoms with Crippen LogP contribution >= 0.6 is 0 Å². The number of hydrogen-bond donors (Lipinski definition) is 2. The van der Waals surface area contributed by atoms with Crippen LogP contribution in [-0.2, 0) is 14.3 Å². The molecule has 7 nitrogen and oxygen atoms in total. The van der Waals surface area contributed by atoms with E-state index in [2.05, 4.69) is 29.6 Å². The lowest BCUT2D eigenvalue weighted by molar-refractivity contribution is -0.147. The third-order valence-electron chi connectivity index (χ3n) is 7.08. The molecule has 2 amide bonds. The van der Waals surface area contributed by atoms with Gasteiger partial charge in [0, 0.05) is 19.0 Å². The maximum absolute atomic E-state index is 13.1. The SMILES string of the molecule is CCCCC(NC(=O)OCC1c2ccccc2-c2ccccc21)C(=O)N1CCC(C)(C(=O)O)C1. The van der Waals surface area contributed by atoms with Gasteiger partial charge >= 0.3 is 12.1 Å². The fraction of sp³-hybridized carbons (Fsp3) is 0.444. The lowest BCUT2D eigenvalue weighted by Gasteiger charge is -2.25. The summed E-state index contributed by atoms with van der Waals surface area (Å²) in [5.41, 5.74) is 3.60. The van der Waals surface area contributed by atoms with E-state index in [0.717, 1.165) is 35.1 Å². The molecule has 2 aromatic rings. The highest BCUT2D eigenvalue weighted by molar-refractivity contribution is 5.87. The Kier molecular flexibility index (Phi) is 6.91. The van der Waals surface area contributed by atoms with Gasteiger partial charge in [0.25, 0.3) is 0 Å². The molecule has 0 bridgehead atoms. The summed E-state index contributed by atoms with van der Waals surface area (Å²) in [4.78, 5) is 39.0. The van der Waals surface area contributed by atoms with Crippen molar-refractivity contribution in [2.45, 2.75) is 51.5 Å². The summed E-state index contributed by atoms with van der Waals surface area (Å²) in [5.74, 6) is -1.21. The Bertz CT molecular complexity index is 1040. The number of likely N-dealkylation sites (tertiary alicyclic amines) is 1. The number of alkyl carbamates (subject to hydrolysis) is 1. The van der Waals surface area contributed by atoms with Crippen molar-refractivity contribution in [1.29, 1.82) is 0 Å². The molecular formula is C27H32N2O5. The van der Waals surface area contributed by atoms with Crippen molar-refractivity contribution >= 4 is 18.0 Å². The summed E-state index contributed by atoms with van der Waals surface area (Å²) in [7, 11) is 0. The van der Waals surface area contributed by atoms with Crippen LogP contribution in [0.2, 0.25) is 0 Å². The molecule has 7 heteroatoms. The number of ether oxygens (including phenoxy) is 1. The maximum atomic E-state index is 13.1. The highest BCUT2D eigenvalue weighted by Gasteiger charge is 2.43. The summed E-state index contributed by atoms with van der Waals surface area (Å²) in [6.07, 6.45) is 1.91. The van der Waals surface area contributed by atoms with Gasteiger partial charge in [-0.2, -0.15) is 0 Å². The molecule has 1 saturated heterocycles. The molecule has 2 N–H and O–H groups in total. The zero-order chi connectivity index (χ0) is 24.3. The van der Waals surface area contributed by atoms with Crippen LogP contribution in [0.15, 0.2) is 48.5 Å². The van der Waals surface area contributed by atoms with E-state index in [9.17, 15) is 19.5 Å². The van der Waals surface area contributed by atoms with E-state index < -0.39 is 23.5 Å². The zero-order valence-electron chi connectivity index (χ0n) is 19.8. The number of nitrogens with one attached hydrogen (secondary N) is 1. The fourth-order valence-corrected chi connectivity index (χ4v) is 4.99. The average Bonchev–Trinajstić information content (AvgIpc) is 3.39. The van der Waals surface area contributed by atoms with Crippen molar-refractivity contribution in [3.05, 3.63) is 59.7 Å². The van der Waals surface area contributed by atoms with Crippen LogP contribution in [0.4, 0.5) is 4.79 Å². The van der Waals surface area contributed by atoms with Crippen LogP contribution in [0.5, 0.6) is 0 Å². The quantitative estimate of drug-likeness (QED) is 0.603. The number of hydrogen-bond acceptors (Lipinski definition) is 4. The van der Waals surface area contributed by atoms with Gasteiger partial charge in [-0.3, -0.25) is 9.59 Å². The van der Waals surface area contributed by atoms with Gasteiger partial charge in [0.1, 0.15) is 12.6 Å². The number of nitrogens with zero attached hydrogens (tertiary/aromatic N) is 1. The second kappa shape index (κ2) is 9.87. The van der Waals surface area contributed by atoms with E-state index in [1.807, 2.05) is 31.2 Å². The number of carboxylic acids is 1. The molecule has 4 rings (SSSR count). The average molecular weight is 465 g/mol. The normalized spacial score (nSPS) is 19.9. The predicted octanol–water partition coefficient (Wildman–Crippen LogP) is 4.41. The van der Waals surface area contributed by atoms with Gasteiger partial charge in [-0.15, -0.1) is 0 Å². The highest BCUT2D eigenvalue weighted by atomic mass is 16.5. The number of fused-ring (bicyclic) bond motifs is 3. The molecule has 2 aromatic carbocycles. The van der Waals surface area contributed by atoms with Gasteiger partial charge in [-0.25, -0.2) is 4.79 Å². The van der Waals surface area contributed by atoms with Crippen molar-refractivity contribution in [1.82, 2.24) is 10.2 Å². The molecule has 34 heavy (non-hydrogen) atoms. The van der Waals surface area contributed by atoms with Crippen molar-refractivity contribution < 1.29 is 24.2 Å². The van der Waals surface area contributed by atoms with Crippen molar-refractivity contribution in [3.63, 3.8) is 0 Å². The minimum Gasteiger partial charge on any atom is -0.481 e. The number of carboxylic acid groups (broad SMARTS) is 1. The molecule has 0 radical (unpaired) electrons. The first-order valence-electron chi connectivity index (χ1n) is 12.0. The van der Waals surface area contributed by atoms with Crippen molar-refractivity contribution in [3.8, 4) is 11.1 Å². The van der Waals surface area contributed by atoms with Crippen LogP contribution in [-0.4, -0.2) is 53.7 Å². The van der Waals surface area contributed by atoms with E-state index in [-0.39, 0.29) is 25.0 Å².